The van der Waals surface area contributed by atoms with Crippen LogP contribution in [0.4, 0.5) is 0 Å². The van der Waals surface area contributed by atoms with E-state index in [-0.39, 0.29) is 0 Å². The number of nitrogens with one attached hydrogen (secondary N) is 2. The highest BCUT2D eigenvalue weighted by molar-refractivity contribution is 9.10. The molecule has 0 aliphatic rings. The number of para-hydroxylation sites is 1. The lowest BCUT2D eigenvalue weighted by atomic mass is 10.1. The molecule has 4 heteroatoms. The van der Waals surface area contributed by atoms with Crippen LogP contribution in [0, 0.1) is 0 Å². The Morgan fingerprint density at radius 1 is 1.10 bits per heavy atom. The van der Waals surface area contributed by atoms with Crippen LogP contribution < -0.4 is 5.32 Å². The van der Waals surface area contributed by atoms with E-state index in [0.717, 1.165) is 34.6 Å². The van der Waals surface area contributed by atoms with Gasteiger partial charge in [-0.15, -0.1) is 0 Å². The van der Waals surface area contributed by atoms with E-state index in [0.29, 0.717) is 0 Å². The van der Waals surface area contributed by atoms with E-state index < -0.39 is 0 Å². The number of rotatable bonds is 5. The number of hydrogen-bond acceptors (Lipinski definition) is 1. The van der Waals surface area contributed by atoms with Crippen LogP contribution in [0.1, 0.15) is 11.1 Å². The number of fused-ring (bicyclic) bond motifs is 1. The van der Waals surface area contributed by atoms with Crippen LogP contribution in [0.25, 0.3) is 10.9 Å². The average Bonchev–Trinajstić information content (AvgIpc) is 2.89. The van der Waals surface area contributed by atoms with Crippen molar-refractivity contribution >= 4 is 38.4 Å². The van der Waals surface area contributed by atoms with Crippen molar-refractivity contribution in [2.75, 3.05) is 6.54 Å². The first-order chi connectivity index (χ1) is 10.2. The topological polar surface area (TPSA) is 27.8 Å². The van der Waals surface area contributed by atoms with Crippen molar-refractivity contribution in [1.29, 1.82) is 0 Å². The van der Waals surface area contributed by atoms with Gasteiger partial charge in [0.1, 0.15) is 0 Å². The predicted molar refractivity (Wildman–Crippen MR) is 92.9 cm³/mol. The molecule has 1 heterocycles. The summed E-state index contributed by atoms with van der Waals surface area (Å²) >= 11 is 9.63. The summed E-state index contributed by atoms with van der Waals surface area (Å²) < 4.78 is 1.01. The number of aromatic nitrogens is 1. The highest BCUT2D eigenvalue weighted by Gasteiger charge is 2.03. The molecule has 0 spiro atoms. The summed E-state index contributed by atoms with van der Waals surface area (Å²) in [7, 11) is 0. The lowest BCUT2D eigenvalue weighted by molar-refractivity contribution is 0.688. The Balaban J connectivity index is 1.57. The summed E-state index contributed by atoms with van der Waals surface area (Å²) in [6.45, 7) is 1.71. The first-order valence-corrected chi connectivity index (χ1v) is 8.11. The molecule has 0 aliphatic carbocycles. The van der Waals surface area contributed by atoms with E-state index in [1.807, 2.05) is 18.2 Å². The normalized spacial score (nSPS) is 11.1. The molecule has 2 N–H and O–H groups in total. The molecule has 0 amide bonds. The van der Waals surface area contributed by atoms with Gasteiger partial charge in [-0.1, -0.05) is 51.8 Å². The third kappa shape index (κ3) is 3.49. The number of hydrogen-bond donors (Lipinski definition) is 2. The molecule has 1 aromatic heterocycles. The highest BCUT2D eigenvalue weighted by Crippen LogP contribution is 2.21. The quantitative estimate of drug-likeness (QED) is 0.619. The third-order valence-corrected chi connectivity index (χ3v) is 4.42. The Morgan fingerprint density at radius 2 is 1.95 bits per heavy atom. The van der Waals surface area contributed by atoms with Crippen molar-refractivity contribution in [2.45, 2.75) is 13.0 Å². The summed E-state index contributed by atoms with van der Waals surface area (Å²) in [5, 5.41) is 5.55. The second-order valence-corrected chi connectivity index (χ2v) is 6.34. The zero-order chi connectivity index (χ0) is 14.7. The maximum Gasteiger partial charge on any atom is 0.0462 e. The standard InChI is InChI=1S/C17H16BrClN2/c18-14-6-5-13(16(19)9-14)10-20-8-7-12-11-21-17-4-2-1-3-15(12)17/h1-6,9,11,20-21H,7-8,10H2. The summed E-state index contributed by atoms with van der Waals surface area (Å²) in [6, 6.07) is 14.4. The molecule has 2 nitrogen and oxygen atoms in total. The van der Waals surface area contributed by atoms with Gasteiger partial charge in [0.05, 0.1) is 0 Å². The smallest absolute Gasteiger partial charge is 0.0462 e. The fourth-order valence-electron chi connectivity index (χ4n) is 2.45. The number of benzene rings is 2. The number of aromatic amines is 1. The van der Waals surface area contributed by atoms with Gasteiger partial charge in [0.25, 0.3) is 0 Å². The van der Waals surface area contributed by atoms with E-state index in [1.54, 1.807) is 0 Å². The van der Waals surface area contributed by atoms with Gasteiger partial charge in [-0.3, -0.25) is 0 Å². The maximum absolute atomic E-state index is 6.21. The molecule has 108 valence electrons. The fourth-order valence-corrected chi connectivity index (χ4v) is 3.19. The number of H-pyrrole nitrogens is 1. The Morgan fingerprint density at radius 3 is 2.81 bits per heavy atom. The third-order valence-electron chi connectivity index (χ3n) is 3.58. The lowest BCUT2D eigenvalue weighted by Gasteiger charge is -2.07. The van der Waals surface area contributed by atoms with E-state index in [2.05, 4.69) is 56.7 Å². The van der Waals surface area contributed by atoms with Gasteiger partial charge in [0, 0.05) is 33.1 Å². The molecular weight excluding hydrogens is 348 g/mol. The summed E-state index contributed by atoms with van der Waals surface area (Å²) in [5.41, 5.74) is 3.67. The summed E-state index contributed by atoms with van der Waals surface area (Å²) in [4.78, 5) is 3.31. The maximum atomic E-state index is 6.21. The van der Waals surface area contributed by atoms with Crippen LogP contribution >= 0.6 is 27.5 Å². The molecule has 21 heavy (non-hydrogen) atoms. The summed E-state index contributed by atoms with van der Waals surface area (Å²) in [6.07, 6.45) is 3.09. The molecule has 3 rings (SSSR count). The van der Waals surface area contributed by atoms with Gasteiger partial charge in [0.15, 0.2) is 0 Å². The zero-order valence-corrected chi connectivity index (χ0v) is 13.8. The molecule has 0 bridgehead atoms. The molecule has 0 saturated carbocycles. The van der Waals surface area contributed by atoms with Crippen LogP contribution in [0.5, 0.6) is 0 Å². The predicted octanol–water partition coefficient (Wildman–Crippen LogP) is 4.92. The van der Waals surface area contributed by atoms with Crippen molar-refractivity contribution in [1.82, 2.24) is 10.3 Å². The van der Waals surface area contributed by atoms with Crippen molar-refractivity contribution in [2.24, 2.45) is 0 Å². The van der Waals surface area contributed by atoms with Crippen LogP contribution in [0.2, 0.25) is 5.02 Å². The summed E-state index contributed by atoms with van der Waals surface area (Å²) in [5.74, 6) is 0. The Labute approximate surface area is 137 Å². The van der Waals surface area contributed by atoms with Gasteiger partial charge >= 0.3 is 0 Å². The second kappa shape index (κ2) is 6.65. The first kappa shape index (κ1) is 14.6. The van der Waals surface area contributed by atoms with Crippen molar-refractivity contribution in [3.8, 4) is 0 Å². The van der Waals surface area contributed by atoms with E-state index in [4.69, 9.17) is 11.6 Å². The highest BCUT2D eigenvalue weighted by atomic mass is 79.9. The van der Waals surface area contributed by atoms with Crippen LogP contribution in [-0.2, 0) is 13.0 Å². The first-order valence-electron chi connectivity index (χ1n) is 6.93. The van der Waals surface area contributed by atoms with Gasteiger partial charge < -0.3 is 10.3 Å². The Bertz CT molecular complexity index is 751. The van der Waals surface area contributed by atoms with Crippen LogP contribution in [0.3, 0.4) is 0 Å². The van der Waals surface area contributed by atoms with Gasteiger partial charge in [-0.05, 0) is 42.3 Å². The minimum absolute atomic E-state index is 0.786. The second-order valence-electron chi connectivity index (χ2n) is 5.02. The van der Waals surface area contributed by atoms with E-state index in [9.17, 15) is 0 Å². The van der Waals surface area contributed by atoms with Crippen LogP contribution in [-0.4, -0.2) is 11.5 Å². The molecule has 2 aromatic carbocycles. The SMILES string of the molecule is Clc1cc(Br)ccc1CNCCc1c[nH]c2ccccc12. The van der Waals surface area contributed by atoms with E-state index in [1.165, 1.54) is 16.5 Å². The average molecular weight is 364 g/mol. The molecule has 0 saturated heterocycles. The molecular formula is C17H16BrClN2. The van der Waals surface area contributed by atoms with Crippen molar-refractivity contribution in [3.63, 3.8) is 0 Å². The van der Waals surface area contributed by atoms with E-state index >= 15 is 0 Å². The van der Waals surface area contributed by atoms with Gasteiger partial charge in [0.2, 0.25) is 0 Å². The molecule has 0 fully saturated rings. The lowest BCUT2D eigenvalue weighted by Crippen LogP contribution is -2.16. The Hall–Kier alpha value is -1.29. The molecule has 3 aromatic rings. The fraction of sp³-hybridized carbons (Fsp3) is 0.176. The molecule has 0 radical (unpaired) electrons. The number of halogens is 2. The molecule has 0 aliphatic heterocycles. The van der Waals surface area contributed by atoms with Gasteiger partial charge in [-0.25, -0.2) is 0 Å². The van der Waals surface area contributed by atoms with Gasteiger partial charge in [-0.2, -0.15) is 0 Å². The monoisotopic (exact) mass is 362 g/mol. The van der Waals surface area contributed by atoms with Crippen molar-refractivity contribution < 1.29 is 0 Å². The van der Waals surface area contributed by atoms with Crippen LogP contribution in [0.15, 0.2) is 53.1 Å². The molecule has 0 unspecified atom stereocenters. The molecule has 0 atom stereocenters. The zero-order valence-electron chi connectivity index (χ0n) is 11.5. The van der Waals surface area contributed by atoms with Crippen molar-refractivity contribution in [3.05, 3.63) is 69.3 Å². The minimum Gasteiger partial charge on any atom is -0.361 e. The Kier molecular flexibility index (Phi) is 4.63. The largest absolute Gasteiger partial charge is 0.361 e. The minimum atomic E-state index is 0.786.